The van der Waals surface area contributed by atoms with E-state index in [1.807, 2.05) is 20.8 Å². The number of ether oxygens (including phenoxy) is 1. The fraction of sp³-hybridized carbons (Fsp3) is 0.882. The summed E-state index contributed by atoms with van der Waals surface area (Å²) in [5, 5.41) is 18.9. The van der Waals surface area contributed by atoms with Crippen LogP contribution in [-0.4, -0.2) is 40.8 Å². The molecule has 0 amide bonds. The number of hydrogen-bond acceptors (Lipinski definition) is 4. The molecule has 0 fully saturated rings. The predicted octanol–water partition coefficient (Wildman–Crippen LogP) is 3.04. The topological polar surface area (TPSA) is 83.8 Å². The second kappa shape index (κ2) is 9.95. The molecule has 3 atom stereocenters. The first kappa shape index (κ1) is 21.1. The van der Waals surface area contributed by atoms with Gasteiger partial charge in [0.25, 0.3) is 0 Å². The Morgan fingerprint density at radius 3 is 2.32 bits per heavy atom. The highest BCUT2D eigenvalue weighted by atomic mass is 16.5. The summed E-state index contributed by atoms with van der Waals surface area (Å²) in [4.78, 5) is 22.8. The maximum absolute atomic E-state index is 11.8. The molecule has 22 heavy (non-hydrogen) atoms. The molecule has 3 unspecified atom stereocenters. The molecule has 0 rings (SSSR count). The minimum absolute atomic E-state index is 0.0707. The second-order valence-electron chi connectivity index (χ2n) is 6.82. The van der Waals surface area contributed by atoms with Crippen molar-refractivity contribution in [2.75, 3.05) is 7.11 Å². The molecule has 5 heteroatoms. The monoisotopic (exact) mass is 316 g/mol. The maximum atomic E-state index is 11.8. The number of aliphatic hydroxyl groups excluding tert-OH is 1. The lowest BCUT2D eigenvalue weighted by Crippen LogP contribution is -2.27. The molecule has 2 N–H and O–H groups in total. The Bertz CT molecular complexity index is 351. The van der Waals surface area contributed by atoms with Gasteiger partial charge in [0.2, 0.25) is 0 Å². The van der Waals surface area contributed by atoms with Crippen LogP contribution >= 0.6 is 0 Å². The lowest BCUT2D eigenvalue weighted by Gasteiger charge is -2.24. The summed E-state index contributed by atoms with van der Waals surface area (Å²) in [6.07, 6.45) is 2.85. The number of aliphatic hydroxyl groups is 1. The van der Waals surface area contributed by atoms with Gasteiger partial charge in [-0.25, -0.2) is 0 Å². The fourth-order valence-electron chi connectivity index (χ4n) is 2.56. The Kier molecular flexibility index (Phi) is 9.53. The normalized spacial score (nSPS) is 16.1. The van der Waals surface area contributed by atoms with Crippen molar-refractivity contribution < 1.29 is 24.5 Å². The summed E-state index contributed by atoms with van der Waals surface area (Å²) in [6, 6.07) is 0. The van der Waals surface area contributed by atoms with Gasteiger partial charge in [-0.2, -0.15) is 0 Å². The lowest BCUT2D eigenvalue weighted by atomic mass is 9.90. The molecule has 0 saturated carbocycles. The number of hydrogen-bond donors (Lipinski definition) is 2. The van der Waals surface area contributed by atoms with Crippen LogP contribution in [0.2, 0.25) is 0 Å². The number of carbonyl (C=O) groups is 2. The van der Waals surface area contributed by atoms with Crippen molar-refractivity contribution in [2.24, 2.45) is 11.8 Å². The number of rotatable bonds is 12. The third-order valence-corrected chi connectivity index (χ3v) is 4.23. The largest absolute Gasteiger partial charge is 0.481 e. The smallest absolute Gasteiger partial charge is 0.314 e. The van der Waals surface area contributed by atoms with Crippen LogP contribution < -0.4 is 0 Å². The third kappa shape index (κ3) is 8.49. The number of ketones is 1. The number of methoxy groups -OCH3 is 1. The van der Waals surface area contributed by atoms with E-state index >= 15 is 0 Å². The van der Waals surface area contributed by atoms with Gasteiger partial charge in [0, 0.05) is 13.5 Å². The van der Waals surface area contributed by atoms with E-state index in [4.69, 9.17) is 9.84 Å². The Labute approximate surface area is 134 Å². The molecule has 0 heterocycles. The second-order valence-corrected chi connectivity index (χ2v) is 6.82. The van der Waals surface area contributed by atoms with Crippen LogP contribution in [0.5, 0.6) is 0 Å². The number of carbonyl (C=O) groups excluding carboxylic acids is 1. The standard InChI is InChI=1S/C17H32O5/c1-6-14(16(20)21)15(19)11-13(18)10-12(2)8-7-9-17(3,4)22-5/h12-14,18H,6-11H2,1-5H3,(H,20,21). The molecule has 5 nitrogen and oxygen atoms in total. The number of carboxylic acids is 1. The molecular weight excluding hydrogens is 284 g/mol. The molecule has 0 aliphatic heterocycles. The molecule has 0 aromatic heterocycles. The van der Waals surface area contributed by atoms with Gasteiger partial charge in [-0.15, -0.1) is 0 Å². The average Bonchev–Trinajstić information content (AvgIpc) is 2.38. The molecule has 0 spiro atoms. The highest BCUT2D eigenvalue weighted by Gasteiger charge is 2.26. The molecule has 0 aromatic rings. The van der Waals surface area contributed by atoms with E-state index in [2.05, 4.69) is 0 Å². The first-order valence-electron chi connectivity index (χ1n) is 8.11. The van der Waals surface area contributed by atoms with Gasteiger partial charge in [0.1, 0.15) is 11.7 Å². The Hall–Kier alpha value is -0.940. The van der Waals surface area contributed by atoms with Crippen LogP contribution in [0.25, 0.3) is 0 Å². The number of aliphatic carboxylic acids is 1. The van der Waals surface area contributed by atoms with Gasteiger partial charge < -0.3 is 14.9 Å². The van der Waals surface area contributed by atoms with E-state index in [-0.39, 0.29) is 24.2 Å². The molecule has 130 valence electrons. The highest BCUT2D eigenvalue weighted by Crippen LogP contribution is 2.22. The maximum Gasteiger partial charge on any atom is 0.314 e. The van der Waals surface area contributed by atoms with Crippen molar-refractivity contribution in [3.8, 4) is 0 Å². The molecule has 0 radical (unpaired) electrons. The Balaban J connectivity index is 4.12. The fourth-order valence-corrected chi connectivity index (χ4v) is 2.56. The minimum atomic E-state index is -1.10. The van der Waals surface area contributed by atoms with Crippen molar-refractivity contribution >= 4 is 11.8 Å². The lowest BCUT2D eigenvalue weighted by molar-refractivity contribution is -0.146. The summed E-state index contributed by atoms with van der Waals surface area (Å²) in [6.45, 7) is 7.80. The predicted molar refractivity (Wildman–Crippen MR) is 85.8 cm³/mol. The zero-order chi connectivity index (χ0) is 17.3. The number of carboxylic acid groups (broad SMARTS) is 1. The summed E-state index contributed by atoms with van der Waals surface area (Å²) in [5.41, 5.74) is -0.135. The molecule has 0 aliphatic carbocycles. The van der Waals surface area contributed by atoms with Gasteiger partial charge in [-0.3, -0.25) is 9.59 Å². The summed E-state index contributed by atoms with van der Waals surface area (Å²) < 4.78 is 5.36. The van der Waals surface area contributed by atoms with E-state index in [9.17, 15) is 14.7 Å². The van der Waals surface area contributed by atoms with Crippen molar-refractivity contribution in [1.29, 1.82) is 0 Å². The summed E-state index contributed by atoms with van der Waals surface area (Å²) >= 11 is 0. The van der Waals surface area contributed by atoms with Crippen LogP contribution in [0.4, 0.5) is 0 Å². The average molecular weight is 316 g/mol. The van der Waals surface area contributed by atoms with Crippen molar-refractivity contribution in [3.05, 3.63) is 0 Å². The van der Waals surface area contributed by atoms with Crippen molar-refractivity contribution in [2.45, 2.75) is 77.9 Å². The van der Waals surface area contributed by atoms with Gasteiger partial charge in [-0.05, 0) is 39.0 Å². The Morgan fingerprint density at radius 2 is 1.86 bits per heavy atom. The molecule has 0 bridgehead atoms. The van der Waals surface area contributed by atoms with Crippen LogP contribution in [0.15, 0.2) is 0 Å². The van der Waals surface area contributed by atoms with E-state index in [1.165, 1.54) is 0 Å². The quantitative estimate of drug-likeness (QED) is 0.541. The van der Waals surface area contributed by atoms with Gasteiger partial charge >= 0.3 is 5.97 Å². The summed E-state index contributed by atoms with van der Waals surface area (Å²) in [7, 11) is 1.70. The van der Waals surface area contributed by atoms with Crippen LogP contribution in [-0.2, 0) is 14.3 Å². The molecule has 0 aliphatic rings. The van der Waals surface area contributed by atoms with E-state index < -0.39 is 18.0 Å². The van der Waals surface area contributed by atoms with Crippen molar-refractivity contribution in [3.63, 3.8) is 0 Å². The highest BCUT2D eigenvalue weighted by molar-refractivity contribution is 5.98. The first-order chi connectivity index (χ1) is 10.1. The van der Waals surface area contributed by atoms with Crippen LogP contribution in [0, 0.1) is 11.8 Å². The Morgan fingerprint density at radius 1 is 1.27 bits per heavy atom. The molecule has 0 aromatic carbocycles. The minimum Gasteiger partial charge on any atom is -0.481 e. The van der Waals surface area contributed by atoms with Gasteiger partial charge in [0.05, 0.1) is 11.7 Å². The zero-order valence-electron chi connectivity index (χ0n) is 14.6. The zero-order valence-corrected chi connectivity index (χ0v) is 14.6. The molecular formula is C17H32O5. The van der Waals surface area contributed by atoms with E-state index in [1.54, 1.807) is 14.0 Å². The van der Waals surface area contributed by atoms with Crippen molar-refractivity contribution in [1.82, 2.24) is 0 Å². The molecule has 0 saturated heterocycles. The summed E-state index contributed by atoms with van der Waals surface area (Å²) in [5.74, 6) is -2.18. The van der Waals surface area contributed by atoms with Crippen LogP contribution in [0.3, 0.4) is 0 Å². The third-order valence-electron chi connectivity index (χ3n) is 4.23. The van der Waals surface area contributed by atoms with Gasteiger partial charge in [-0.1, -0.05) is 26.7 Å². The van der Waals surface area contributed by atoms with E-state index in [0.717, 1.165) is 19.3 Å². The first-order valence-corrected chi connectivity index (χ1v) is 8.11. The SMILES string of the molecule is CCC(C(=O)O)C(=O)CC(O)CC(C)CCCC(C)(C)OC. The van der Waals surface area contributed by atoms with Gasteiger partial charge in [0.15, 0.2) is 0 Å². The van der Waals surface area contributed by atoms with E-state index in [0.29, 0.717) is 12.3 Å². The number of Topliss-reactive ketones (excluding diaryl/α,β-unsaturated/α-hetero) is 1. The van der Waals surface area contributed by atoms with Crippen LogP contribution in [0.1, 0.15) is 66.2 Å².